The lowest BCUT2D eigenvalue weighted by molar-refractivity contribution is 0.397. The van der Waals surface area contributed by atoms with Crippen LogP contribution in [0.5, 0.6) is 5.88 Å². The van der Waals surface area contributed by atoms with E-state index in [4.69, 9.17) is 4.74 Å². The van der Waals surface area contributed by atoms with E-state index in [2.05, 4.69) is 25.3 Å². The van der Waals surface area contributed by atoms with E-state index in [1.165, 1.54) is 0 Å². The molecular weight excluding hydrogens is 230 g/mol. The second-order valence-corrected chi connectivity index (χ2v) is 3.76. The van der Waals surface area contributed by atoms with Gasteiger partial charge in [0, 0.05) is 25.0 Å². The van der Waals surface area contributed by atoms with E-state index in [0.29, 0.717) is 17.4 Å². The van der Waals surface area contributed by atoms with Gasteiger partial charge in [-0.3, -0.25) is 0 Å². The summed E-state index contributed by atoms with van der Waals surface area (Å²) in [6.45, 7) is 3.78. The first kappa shape index (κ1) is 12.2. The van der Waals surface area contributed by atoms with Crippen molar-refractivity contribution in [1.82, 2.24) is 19.9 Å². The fourth-order valence-electron chi connectivity index (χ4n) is 1.74. The molecule has 2 aromatic heterocycles. The predicted octanol–water partition coefficient (Wildman–Crippen LogP) is 1.60. The minimum Gasteiger partial charge on any atom is -0.479 e. The largest absolute Gasteiger partial charge is 0.479 e. The van der Waals surface area contributed by atoms with E-state index < -0.39 is 0 Å². The average Bonchev–Trinajstić information content (AvgIpc) is 2.41. The summed E-state index contributed by atoms with van der Waals surface area (Å²) >= 11 is 0. The van der Waals surface area contributed by atoms with Crippen molar-refractivity contribution < 1.29 is 4.74 Å². The molecule has 0 fully saturated rings. The highest BCUT2D eigenvalue weighted by atomic mass is 16.5. The highest BCUT2D eigenvalue weighted by molar-refractivity contribution is 5.68. The zero-order valence-corrected chi connectivity index (χ0v) is 10.9. The number of aromatic nitrogens is 4. The van der Waals surface area contributed by atoms with Crippen molar-refractivity contribution in [3.8, 4) is 17.3 Å². The Labute approximate surface area is 105 Å². The van der Waals surface area contributed by atoms with Crippen LogP contribution in [0.2, 0.25) is 0 Å². The highest BCUT2D eigenvalue weighted by Gasteiger charge is 2.16. The summed E-state index contributed by atoms with van der Waals surface area (Å²) in [6, 6.07) is 0. The third-order valence-electron chi connectivity index (χ3n) is 2.58. The Morgan fingerprint density at radius 1 is 1.06 bits per heavy atom. The van der Waals surface area contributed by atoms with E-state index in [1.807, 2.05) is 20.9 Å². The van der Waals surface area contributed by atoms with Crippen molar-refractivity contribution in [3.63, 3.8) is 0 Å². The van der Waals surface area contributed by atoms with Crippen molar-refractivity contribution in [2.45, 2.75) is 13.8 Å². The third-order valence-corrected chi connectivity index (χ3v) is 2.58. The minimum atomic E-state index is 0.459. The maximum absolute atomic E-state index is 5.21. The highest BCUT2D eigenvalue weighted by Crippen LogP contribution is 2.29. The lowest BCUT2D eigenvalue weighted by Crippen LogP contribution is -2.04. The number of nitrogens with one attached hydrogen (secondary N) is 1. The first-order chi connectivity index (χ1) is 8.67. The number of hydrogen-bond donors (Lipinski definition) is 1. The fourth-order valence-corrected chi connectivity index (χ4v) is 1.74. The van der Waals surface area contributed by atoms with Crippen LogP contribution in [0.3, 0.4) is 0 Å². The Kier molecular flexibility index (Phi) is 3.36. The van der Waals surface area contributed by atoms with E-state index in [1.54, 1.807) is 19.5 Å². The number of hydrogen-bond acceptors (Lipinski definition) is 6. The zero-order chi connectivity index (χ0) is 13.1. The van der Waals surface area contributed by atoms with Gasteiger partial charge in [0.2, 0.25) is 5.88 Å². The van der Waals surface area contributed by atoms with Gasteiger partial charge in [-0.1, -0.05) is 0 Å². The van der Waals surface area contributed by atoms with Crippen LogP contribution >= 0.6 is 0 Å². The Balaban J connectivity index is 2.67. The first-order valence-corrected chi connectivity index (χ1v) is 5.55. The first-order valence-electron chi connectivity index (χ1n) is 5.55. The Morgan fingerprint density at radius 2 is 1.78 bits per heavy atom. The van der Waals surface area contributed by atoms with Crippen molar-refractivity contribution >= 4 is 5.82 Å². The van der Waals surface area contributed by atoms with Gasteiger partial charge in [0.25, 0.3) is 0 Å². The van der Waals surface area contributed by atoms with Crippen molar-refractivity contribution in [1.29, 1.82) is 0 Å². The number of anilines is 1. The molecule has 1 N–H and O–H groups in total. The summed E-state index contributed by atoms with van der Waals surface area (Å²) < 4.78 is 5.21. The molecule has 0 bridgehead atoms. The number of ether oxygens (including phenoxy) is 1. The topological polar surface area (TPSA) is 72.8 Å². The summed E-state index contributed by atoms with van der Waals surface area (Å²) in [4.78, 5) is 17.2. The number of methoxy groups -OCH3 is 1. The average molecular weight is 245 g/mol. The standard InChI is InChI=1S/C12H15N5O/c1-7-9(16-8(2)17-11(7)13-3)10-12(18-4)15-6-5-14-10/h5-6H,1-4H3,(H,13,16,17). The van der Waals surface area contributed by atoms with Crippen molar-refractivity contribution in [2.24, 2.45) is 0 Å². The quantitative estimate of drug-likeness (QED) is 0.885. The van der Waals surface area contributed by atoms with Crippen LogP contribution in [0.25, 0.3) is 11.4 Å². The lowest BCUT2D eigenvalue weighted by atomic mass is 10.1. The van der Waals surface area contributed by atoms with E-state index in [-0.39, 0.29) is 0 Å². The van der Waals surface area contributed by atoms with Crippen LogP contribution in [0, 0.1) is 13.8 Å². The van der Waals surface area contributed by atoms with Crippen LogP contribution in [0.1, 0.15) is 11.4 Å². The molecule has 94 valence electrons. The van der Waals surface area contributed by atoms with Gasteiger partial charge in [-0.05, 0) is 13.8 Å². The molecular formula is C12H15N5O. The normalized spacial score (nSPS) is 10.2. The van der Waals surface area contributed by atoms with Crippen molar-refractivity contribution in [3.05, 3.63) is 23.8 Å². The SMILES string of the molecule is CNc1nc(C)nc(-c2nccnc2OC)c1C. The lowest BCUT2D eigenvalue weighted by Gasteiger charge is -2.11. The predicted molar refractivity (Wildman–Crippen MR) is 68.6 cm³/mol. The number of nitrogens with zero attached hydrogens (tertiary/aromatic N) is 4. The van der Waals surface area contributed by atoms with Gasteiger partial charge in [0.05, 0.1) is 7.11 Å². The molecule has 0 aliphatic rings. The van der Waals surface area contributed by atoms with Gasteiger partial charge in [0.1, 0.15) is 17.3 Å². The molecule has 2 rings (SSSR count). The second-order valence-electron chi connectivity index (χ2n) is 3.76. The fraction of sp³-hybridized carbons (Fsp3) is 0.333. The van der Waals surface area contributed by atoms with Gasteiger partial charge in [-0.2, -0.15) is 0 Å². The van der Waals surface area contributed by atoms with Gasteiger partial charge in [-0.25, -0.2) is 19.9 Å². The molecule has 0 amide bonds. The Bertz CT molecular complexity index is 570. The molecule has 18 heavy (non-hydrogen) atoms. The molecule has 0 saturated carbocycles. The molecule has 2 heterocycles. The summed E-state index contributed by atoms with van der Waals surface area (Å²) in [5.74, 6) is 1.92. The number of rotatable bonds is 3. The van der Waals surface area contributed by atoms with Crippen LogP contribution in [0.15, 0.2) is 12.4 Å². The molecule has 0 radical (unpaired) electrons. The molecule has 0 aliphatic carbocycles. The van der Waals surface area contributed by atoms with Gasteiger partial charge < -0.3 is 10.1 Å². The molecule has 0 unspecified atom stereocenters. The third kappa shape index (κ3) is 2.09. The summed E-state index contributed by atoms with van der Waals surface area (Å²) in [5, 5.41) is 3.04. The summed E-state index contributed by atoms with van der Waals surface area (Å²) in [6.07, 6.45) is 3.21. The van der Waals surface area contributed by atoms with E-state index in [9.17, 15) is 0 Å². The Hall–Kier alpha value is -2.24. The molecule has 0 atom stereocenters. The van der Waals surface area contributed by atoms with Crippen molar-refractivity contribution in [2.75, 3.05) is 19.5 Å². The van der Waals surface area contributed by atoms with E-state index in [0.717, 1.165) is 17.1 Å². The molecule has 6 heteroatoms. The summed E-state index contributed by atoms with van der Waals surface area (Å²) in [7, 11) is 3.39. The van der Waals surface area contributed by atoms with Crippen LogP contribution in [0.4, 0.5) is 5.82 Å². The maximum atomic E-state index is 5.21. The Morgan fingerprint density at radius 3 is 2.44 bits per heavy atom. The molecule has 0 aromatic carbocycles. The molecule has 0 aliphatic heterocycles. The molecule has 2 aromatic rings. The maximum Gasteiger partial charge on any atom is 0.241 e. The minimum absolute atomic E-state index is 0.459. The summed E-state index contributed by atoms with van der Waals surface area (Å²) in [5.41, 5.74) is 2.28. The van der Waals surface area contributed by atoms with Crippen LogP contribution < -0.4 is 10.1 Å². The molecule has 0 spiro atoms. The van der Waals surface area contributed by atoms with Gasteiger partial charge >= 0.3 is 0 Å². The van der Waals surface area contributed by atoms with Gasteiger partial charge in [-0.15, -0.1) is 0 Å². The van der Waals surface area contributed by atoms with Crippen LogP contribution in [-0.2, 0) is 0 Å². The monoisotopic (exact) mass is 245 g/mol. The molecule has 0 saturated heterocycles. The van der Waals surface area contributed by atoms with E-state index >= 15 is 0 Å². The smallest absolute Gasteiger partial charge is 0.241 e. The number of aryl methyl sites for hydroxylation is 1. The zero-order valence-electron chi connectivity index (χ0n) is 10.9. The van der Waals surface area contributed by atoms with Crippen LogP contribution in [-0.4, -0.2) is 34.1 Å². The second kappa shape index (κ2) is 4.95. The molecule has 6 nitrogen and oxygen atoms in total. The van der Waals surface area contributed by atoms with Gasteiger partial charge in [0.15, 0.2) is 5.69 Å².